The molecule has 0 radical (unpaired) electrons. The molecule has 18 heavy (non-hydrogen) atoms. The first-order chi connectivity index (χ1) is 6.93. The quantitative estimate of drug-likeness (QED) is 0.240. The van der Waals surface area contributed by atoms with Crippen LogP contribution in [0.15, 0.2) is 0 Å². The Morgan fingerprint density at radius 2 is 0.389 bits per heavy atom. The topological polar surface area (TPSA) is 265 Å². The van der Waals surface area contributed by atoms with E-state index in [9.17, 15) is 0 Å². The maximum atomic E-state index is 8.25. The average Bonchev–Trinajstić information content (AvgIpc) is 1.76. The van der Waals surface area contributed by atoms with E-state index in [2.05, 4.69) is 0 Å². The van der Waals surface area contributed by atoms with Crippen LogP contribution in [-0.2, 0) is 40.8 Å². The fraction of sp³-hybridized carbons (Fsp3) is 0. The van der Waals surface area contributed by atoms with Crippen LogP contribution in [0.25, 0.3) is 0 Å². The van der Waals surface area contributed by atoms with Crippen molar-refractivity contribution >= 4 is 0 Å². The van der Waals surface area contributed by atoms with Crippen molar-refractivity contribution in [1.82, 2.24) is 0 Å². The minimum absolute atomic E-state index is 0. The fourth-order valence-corrected chi connectivity index (χ4v) is 0. The molecule has 0 aliphatic carbocycles. The van der Waals surface area contributed by atoms with Crippen molar-refractivity contribution in [2.45, 2.75) is 0 Å². The molecule has 0 saturated heterocycles. The maximum Gasteiger partial charge on any atom is 2.00 e. The summed E-state index contributed by atoms with van der Waals surface area (Å²) in [5.41, 5.74) is 0. The fourth-order valence-electron chi connectivity index (χ4n) is 0. The van der Waals surface area contributed by atoms with E-state index in [1.54, 1.807) is 0 Å². The van der Waals surface area contributed by atoms with Crippen LogP contribution in [0.2, 0.25) is 0 Å². The van der Waals surface area contributed by atoms with E-state index in [1.165, 1.54) is 0 Å². The molecule has 0 fully saturated rings. The second-order valence-electron chi connectivity index (χ2n) is 0.894. The van der Waals surface area contributed by atoms with Gasteiger partial charge in [-0.25, -0.2) is 0 Å². The third-order valence-corrected chi connectivity index (χ3v) is 0. The van der Waals surface area contributed by atoms with E-state index in [0.717, 1.165) is 0 Å². The summed E-state index contributed by atoms with van der Waals surface area (Å²) in [6, 6.07) is 0. The zero-order chi connectivity index (χ0) is 14.3. The zero-order valence-electron chi connectivity index (χ0n) is 7.32. The molecule has 0 unspecified atom stereocenters. The Balaban J connectivity index is -0.0000000257. The van der Waals surface area contributed by atoms with Gasteiger partial charge in [0.25, 0.3) is 0 Å². The van der Waals surface area contributed by atoms with Crippen molar-refractivity contribution < 1.29 is 61.2 Å². The first-order valence-corrected chi connectivity index (χ1v) is 2.19. The van der Waals surface area contributed by atoms with Gasteiger partial charge >= 0.3 is 40.8 Å². The van der Waals surface area contributed by atoms with Gasteiger partial charge in [0.2, 0.25) is 0 Å². The van der Waals surface area contributed by atoms with E-state index < -0.39 is 20.3 Å². The van der Waals surface area contributed by atoms with Crippen LogP contribution in [0.1, 0.15) is 0 Å². The third-order valence-electron chi connectivity index (χ3n) is 0. The van der Waals surface area contributed by atoms with Crippen LogP contribution in [0.5, 0.6) is 0 Å². The minimum Gasteiger partial charge on any atom is -0.356 e. The van der Waals surface area contributed by atoms with E-state index in [4.69, 9.17) is 61.3 Å². The molecule has 0 amide bonds. The van der Waals surface area contributed by atoms with Crippen LogP contribution in [0, 0.1) is 61.3 Å². The first kappa shape index (κ1) is 36.0. The molecule has 0 N–H and O–H groups in total. The van der Waals surface area contributed by atoms with Crippen molar-refractivity contribution in [1.29, 1.82) is 0 Å². The molecule has 0 aliphatic rings. The Bertz CT molecular complexity index is 162. The molecular formula is N4O12Pd2. The second-order valence-corrected chi connectivity index (χ2v) is 0.894. The molecule has 0 aromatic rings. The van der Waals surface area contributed by atoms with Gasteiger partial charge in [-0.15, -0.1) is 0 Å². The van der Waals surface area contributed by atoms with E-state index in [0.29, 0.717) is 0 Å². The summed E-state index contributed by atoms with van der Waals surface area (Å²) < 4.78 is 0. The third kappa shape index (κ3) is 692. The van der Waals surface area contributed by atoms with Crippen molar-refractivity contribution in [3.63, 3.8) is 0 Å². The van der Waals surface area contributed by atoms with Crippen molar-refractivity contribution in [3.8, 4) is 0 Å². The Morgan fingerprint density at radius 1 is 0.389 bits per heavy atom. The summed E-state index contributed by atoms with van der Waals surface area (Å²) in [6.45, 7) is 0. The summed E-state index contributed by atoms with van der Waals surface area (Å²) in [5.74, 6) is 0. The molecule has 112 valence electrons. The summed E-state index contributed by atoms with van der Waals surface area (Å²) in [7, 11) is 0. The second kappa shape index (κ2) is 29.4. The van der Waals surface area contributed by atoms with Crippen LogP contribution in [0.3, 0.4) is 0 Å². The summed E-state index contributed by atoms with van der Waals surface area (Å²) in [4.78, 5) is 33.0. The molecule has 0 aromatic heterocycles. The Labute approximate surface area is 123 Å². The largest absolute Gasteiger partial charge is 2.00 e. The summed E-state index contributed by atoms with van der Waals surface area (Å²) in [6.07, 6.45) is 0. The van der Waals surface area contributed by atoms with Gasteiger partial charge in [0.05, 0.1) is 20.3 Å². The van der Waals surface area contributed by atoms with Gasteiger partial charge in [-0.3, -0.25) is 0 Å². The molecule has 0 aromatic carbocycles. The maximum absolute atomic E-state index is 8.25. The standard InChI is InChI=1S/4NO3.2Pd/c4*2-1(3)4;;/q4*-1;2*+2. The smallest absolute Gasteiger partial charge is 0.356 e. The molecule has 0 aliphatic heterocycles. The molecule has 0 atom stereocenters. The van der Waals surface area contributed by atoms with Gasteiger partial charge in [0.15, 0.2) is 0 Å². The molecule has 0 bridgehead atoms. The molecule has 0 heterocycles. The predicted octanol–water partition coefficient (Wildman–Crippen LogP) is -0.961. The average molecular weight is 461 g/mol. The zero-order valence-corrected chi connectivity index (χ0v) is 10.4. The molecule has 0 saturated carbocycles. The van der Waals surface area contributed by atoms with Gasteiger partial charge in [-0.1, -0.05) is 0 Å². The molecule has 18 heteroatoms. The van der Waals surface area contributed by atoms with E-state index in [-0.39, 0.29) is 40.8 Å². The Kier molecular flexibility index (Phi) is 58.8. The monoisotopic (exact) mass is 460 g/mol. The predicted molar refractivity (Wildman–Crippen MR) is 41.4 cm³/mol. The van der Waals surface area contributed by atoms with Crippen LogP contribution >= 0.6 is 0 Å². The SMILES string of the molecule is O=[N+]([O-])[O-].O=[N+]([O-])[O-].O=[N+]([O-])[O-].O=[N+]([O-])[O-].[Pd+2].[Pd+2]. The molecule has 0 rings (SSSR count). The molecule has 0 spiro atoms. The van der Waals surface area contributed by atoms with Crippen molar-refractivity contribution in [2.75, 3.05) is 0 Å². The normalized spacial score (nSPS) is 5.33. The Morgan fingerprint density at radius 3 is 0.389 bits per heavy atom. The van der Waals surface area contributed by atoms with Gasteiger partial charge < -0.3 is 61.3 Å². The van der Waals surface area contributed by atoms with Gasteiger partial charge in [0, 0.05) is 0 Å². The van der Waals surface area contributed by atoms with Crippen molar-refractivity contribution in [2.24, 2.45) is 0 Å². The van der Waals surface area contributed by atoms with Crippen molar-refractivity contribution in [3.05, 3.63) is 61.3 Å². The van der Waals surface area contributed by atoms with Gasteiger partial charge in [-0.05, 0) is 0 Å². The van der Waals surface area contributed by atoms with Gasteiger partial charge in [-0.2, -0.15) is 0 Å². The number of nitrogens with zero attached hydrogens (tertiary/aromatic N) is 4. The first-order valence-electron chi connectivity index (χ1n) is 2.19. The van der Waals surface area contributed by atoms with E-state index >= 15 is 0 Å². The molecule has 16 nitrogen and oxygen atoms in total. The minimum atomic E-state index is -1.75. The number of hydrogen-bond donors (Lipinski definition) is 0. The Hall–Kier alpha value is -1.88. The number of rotatable bonds is 0. The van der Waals surface area contributed by atoms with Gasteiger partial charge in [0.1, 0.15) is 0 Å². The van der Waals surface area contributed by atoms with Crippen LogP contribution in [-0.4, -0.2) is 20.3 Å². The van der Waals surface area contributed by atoms with Crippen LogP contribution in [0.4, 0.5) is 0 Å². The number of hydrogen-bond acceptors (Lipinski definition) is 12. The summed E-state index contributed by atoms with van der Waals surface area (Å²) >= 11 is 0. The van der Waals surface area contributed by atoms with Crippen LogP contribution < -0.4 is 0 Å². The van der Waals surface area contributed by atoms with E-state index in [1.807, 2.05) is 0 Å². The molecular weight excluding hydrogens is 461 g/mol. The summed E-state index contributed by atoms with van der Waals surface area (Å²) in [5, 5.41) is 59.0.